The number of hydrogen-bond donors (Lipinski definition) is 0. The second-order valence-corrected chi connectivity index (χ2v) is 24.9. The number of ether oxygens (including phenoxy) is 3. The van der Waals surface area contributed by atoms with Gasteiger partial charge in [0, 0.05) is 19.3 Å². The Bertz CT molecular complexity index is 1350. The number of allylic oxidation sites excluding steroid dienone is 6. The van der Waals surface area contributed by atoms with Crippen molar-refractivity contribution in [1.29, 1.82) is 0 Å². The van der Waals surface area contributed by atoms with Gasteiger partial charge in [-0.1, -0.05) is 365 Å². The normalized spacial score (nSPS) is 12.2. The highest BCUT2D eigenvalue weighted by Gasteiger charge is 2.19. The fourth-order valence-corrected chi connectivity index (χ4v) is 11.2. The van der Waals surface area contributed by atoms with Gasteiger partial charge in [-0.2, -0.15) is 0 Å². The third kappa shape index (κ3) is 68.3. The van der Waals surface area contributed by atoms with Crippen LogP contribution < -0.4 is 0 Å². The lowest BCUT2D eigenvalue weighted by atomic mass is 10.0. The van der Waals surface area contributed by atoms with Gasteiger partial charge in [-0.3, -0.25) is 14.4 Å². The molecule has 0 aromatic carbocycles. The number of hydrogen-bond acceptors (Lipinski definition) is 6. The molecule has 0 aliphatic carbocycles. The summed E-state index contributed by atoms with van der Waals surface area (Å²) >= 11 is 0. The zero-order valence-corrected chi connectivity index (χ0v) is 54.8. The summed E-state index contributed by atoms with van der Waals surface area (Å²) in [4.78, 5) is 38.1. The molecule has 0 rings (SSSR count). The van der Waals surface area contributed by atoms with E-state index in [2.05, 4.69) is 57.2 Å². The Labute approximate surface area is 506 Å². The molecule has 0 fully saturated rings. The first kappa shape index (κ1) is 78.6. The van der Waals surface area contributed by atoms with Gasteiger partial charge in [0.1, 0.15) is 13.2 Å². The third-order valence-corrected chi connectivity index (χ3v) is 16.6. The van der Waals surface area contributed by atoms with Gasteiger partial charge in [-0.15, -0.1) is 0 Å². The Hall–Kier alpha value is -2.37. The second kappa shape index (κ2) is 70.1. The minimum absolute atomic E-state index is 0.0656. The van der Waals surface area contributed by atoms with E-state index >= 15 is 0 Å². The third-order valence-electron chi connectivity index (χ3n) is 16.6. The Morgan fingerprint density at radius 2 is 0.444 bits per heavy atom. The van der Waals surface area contributed by atoms with Crippen molar-refractivity contribution in [3.63, 3.8) is 0 Å². The Morgan fingerprint density at radius 3 is 0.691 bits per heavy atom. The molecule has 0 saturated heterocycles. The molecule has 0 spiro atoms. The lowest BCUT2D eigenvalue weighted by molar-refractivity contribution is -0.167. The molecule has 0 aromatic rings. The van der Waals surface area contributed by atoms with E-state index in [1.807, 2.05) is 0 Å². The molecule has 0 N–H and O–H groups in total. The zero-order valence-electron chi connectivity index (χ0n) is 54.8. The average molecular weight is 1140 g/mol. The molecular weight excluding hydrogens is 997 g/mol. The van der Waals surface area contributed by atoms with Crippen molar-refractivity contribution in [3.8, 4) is 0 Å². The molecule has 6 heteroatoms. The lowest BCUT2D eigenvalue weighted by Crippen LogP contribution is -2.30. The summed E-state index contributed by atoms with van der Waals surface area (Å²) in [6.45, 7) is 6.64. The summed E-state index contributed by atoms with van der Waals surface area (Å²) in [5.74, 6) is -0.846. The Kier molecular flexibility index (Phi) is 68.1. The van der Waals surface area contributed by atoms with Crippen LogP contribution in [0.25, 0.3) is 0 Å². The van der Waals surface area contributed by atoms with Crippen molar-refractivity contribution < 1.29 is 28.6 Å². The smallest absolute Gasteiger partial charge is 0.306 e. The standard InChI is InChI=1S/C75H140O6/c1-4-7-10-13-16-18-20-22-24-26-28-30-32-34-35-36-37-38-39-40-41-42-44-45-47-49-51-53-55-57-59-62-65-68-74(77)80-71-72(70-79-73(76)67-64-61-15-12-9-6-3)81-75(78)69-66-63-60-58-56-54-52-50-48-46-43-33-31-29-27-25-23-21-19-17-14-11-8-5-2/h20,22,26,28,32,34,72H,4-19,21,23-25,27,29-31,33,35-71H2,1-3H3/b22-20-,28-26-,34-32-. The van der Waals surface area contributed by atoms with Crippen molar-refractivity contribution in [2.45, 2.75) is 412 Å². The summed E-state index contributed by atoms with van der Waals surface area (Å²) in [6, 6.07) is 0. The first-order valence-electron chi connectivity index (χ1n) is 36.5. The molecular formula is C75H140O6. The molecule has 0 radical (unpaired) electrons. The molecule has 476 valence electrons. The van der Waals surface area contributed by atoms with Crippen LogP contribution in [0.15, 0.2) is 36.5 Å². The first-order valence-corrected chi connectivity index (χ1v) is 36.5. The SMILES string of the molecule is CCCCCCC/C=C\C/C=C\C/C=C\CCCCCCCCCCCCCCCCCCCCC(=O)OCC(COC(=O)CCCCCCCC)OC(=O)CCCCCCCCCCCCCCCCCCCCCCCCCC. The first-order chi connectivity index (χ1) is 40.0. The van der Waals surface area contributed by atoms with E-state index in [0.717, 1.165) is 70.6 Å². The van der Waals surface area contributed by atoms with Crippen LogP contribution in [0.4, 0.5) is 0 Å². The van der Waals surface area contributed by atoms with Crippen LogP contribution in [0.3, 0.4) is 0 Å². The largest absolute Gasteiger partial charge is 0.462 e. The molecule has 0 aliphatic heterocycles. The summed E-state index contributed by atoms with van der Waals surface area (Å²) in [7, 11) is 0. The number of carbonyl (C=O) groups excluding carboxylic acids is 3. The second-order valence-electron chi connectivity index (χ2n) is 24.9. The predicted molar refractivity (Wildman–Crippen MR) is 353 cm³/mol. The van der Waals surface area contributed by atoms with Crippen LogP contribution in [0, 0.1) is 0 Å². The number of carbonyl (C=O) groups is 3. The van der Waals surface area contributed by atoms with Gasteiger partial charge in [0.15, 0.2) is 6.10 Å². The summed E-state index contributed by atoms with van der Waals surface area (Å²) in [5.41, 5.74) is 0. The van der Waals surface area contributed by atoms with Gasteiger partial charge in [-0.05, 0) is 57.8 Å². The van der Waals surface area contributed by atoms with Gasteiger partial charge in [0.25, 0.3) is 0 Å². The minimum Gasteiger partial charge on any atom is -0.462 e. The lowest BCUT2D eigenvalue weighted by Gasteiger charge is -2.18. The van der Waals surface area contributed by atoms with E-state index in [1.54, 1.807) is 0 Å². The van der Waals surface area contributed by atoms with E-state index in [1.165, 1.54) is 295 Å². The van der Waals surface area contributed by atoms with E-state index in [9.17, 15) is 14.4 Å². The van der Waals surface area contributed by atoms with Crippen LogP contribution in [0.2, 0.25) is 0 Å². The molecule has 6 nitrogen and oxygen atoms in total. The van der Waals surface area contributed by atoms with E-state index in [4.69, 9.17) is 14.2 Å². The average Bonchev–Trinajstić information content (AvgIpc) is 3.47. The highest BCUT2D eigenvalue weighted by atomic mass is 16.6. The van der Waals surface area contributed by atoms with E-state index in [-0.39, 0.29) is 31.1 Å². The number of esters is 3. The topological polar surface area (TPSA) is 78.9 Å². The van der Waals surface area contributed by atoms with Crippen molar-refractivity contribution in [2.75, 3.05) is 13.2 Å². The van der Waals surface area contributed by atoms with Crippen LogP contribution in [-0.2, 0) is 28.6 Å². The quantitative estimate of drug-likeness (QED) is 0.0261. The van der Waals surface area contributed by atoms with Gasteiger partial charge < -0.3 is 14.2 Å². The van der Waals surface area contributed by atoms with Gasteiger partial charge in [0.05, 0.1) is 0 Å². The van der Waals surface area contributed by atoms with Crippen molar-refractivity contribution in [2.24, 2.45) is 0 Å². The molecule has 0 bridgehead atoms. The van der Waals surface area contributed by atoms with Crippen LogP contribution >= 0.6 is 0 Å². The maximum Gasteiger partial charge on any atom is 0.306 e. The fraction of sp³-hybridized carbons (Fsp3) is 0.880. The summed E-state index contributed by atoms with van der Waals surface area (Å²) < 4.78 is 16.9. The molecule has 81 heavy (non-hydrogen) atoms. The molecule has 1 unspecified atom stereocenters. The van der Waals surface area contributed by atoms with E-state index in [0.29, 0.717) is 19.3 Å². The van der Waals surface area contributed by atoms with E-state index < -0.39 is 6.10 Å². The number of unbranched alkanes of at least 4 members (excludes halogenated alkanes) is 51. The highest BCUT2D eigenvalue weighted by molar-refractivity contribution is 5.71. The van der Waals surface area contributed by atoms with Crippen molar-refractivity contribution >= 4 is 17.9 Å². The molecule has 0 aromatic heterocycles. The Morgan fingerprint density at radius 1 is 0.247 bits per heavy atom. The molecule has 0 saturated carbocycles. The van der Waals surface area contributed by atoms with Crippen LogP contribution in [0.5, 0.6) is 0 Å². The van der Waals surface area contributed by atoms with Crippen LogP contribution in [-0.4, -0.2) is 37.2 Å². The van der Waals surface area contributed by atoms with Gasteiger partial charge in [0.2, 0.25) is 0 Å². The highest BCUT2D eigenvalue weighted by Crippen LogP contribution is 2.19. The maximum atomic E-state index is 12.9. The van der Waals surface area contributed by atoms with Gasteiger partial charge in [-0.25, -0.2) is 0 Å². The molecule has 0 heterocycles. The fourth-order valence-electron chi connectivity index (χ4n) is 11.2. The number of rotatable bonds is 68. The minimum atomic E-state index is -0.765. The van der Waals surface area contributed by atoms with Crippen LogP contribution in [0.1, 0.15) is 406 Å². The Balaban J connectivity index is 3.94. The van der Waals surface area contributed by atoms with Gasteiger partial charge >= 0.3 is 17.9 Å². The maximum absolute atomic E-state index is 12.9. The summed E-state index contributed by atoms with van der Waals surface area (Å²) in [5, 5.41) is 0. The van der Waals surface area contributed by atoms with Crippen molar-refractivity contribution in [1.82, 2.24) is 0 Å². The summed E-state index contributed by atoms with van der Waals surface area (Å²) in [6.07, 6.45) is 88.0. The molecule has 0 aliphatic rings. The van der Waals surface area contributed by atoms with Crippen molar-refractivity contribution in [3.05, 3.63) is 36.5 Å². The molecule has 0 amide bonds. The zero-order chi connectivity index (χ0) is 58.5. The monoisotopic (exact) mass is 1140 g/mol. The molecule has 1 atom stereocenters. The predicted octanol–water partition coefficient (Wildman–Crippen LogP) is 25.1.